The minimum Gasteiger partial charge on any atom is -0.481 e. The molecule has 4 amide bonds. The monoisotopic (exact) mass is 1740 g/mol. The van der Waals surface area contributed by atoms with Gasteiger partial charge in [-0.3, -0.25) is 64.8 Å². The summed E-state index contributed by atoms with van der Waals surface area (Å²) in [4.78, 5) is 186. The fraction of sp³-hybridized carbons (Fsp3) is 0.259. The van der Waals surface area contributed by atoms with Crippen molar-refractivity contribution in [2.24, 2.45) is 46.6 Å². The van der Waals surface area contributed by atoms with Gasteiger partial charge in [0.2, 0.25) is 46.7 Å². The molecule has 4 aromatic heterocycles. The van der Waals surface area contributed by atoms with Gasteiger partial charge in [-0.05, 0) is 152 Å². The Morgan fingerprint density at radius 1 is 0.328 bits per heavy atom. The van der Waals surface area contributed by atoms with Crippen LogP contribution in [0.2, 0.25) is 0 Å². The van der Waals surface area contributed by atoms with E-state index in [0.29, 0.717) is 28.0 Å². The van der Waals surface area contributed by atoms with Gasteiger partial charge in [-0.1, -0.05) is 27.7 Å². The number of ether oxygens (including phenoxy) is 4. The van der Waals surface area contributed by atoms with Gasteiger partial charge in [0.15, 0.2) is 0 Å². The molecule has 0 aliphatic rings. The van der Waals surface area contributed by atoms with Gasteiger partial charge in [-0.2, -0.15) is 0 Å². The number of aliphatic carboxylic acids is 8. The van der Waals surface area contributed by atoms with Crippen molar-refractivity contribution in [2.45, 2.75) is 97.2 Å². The summed E-state index contributed by atoms with van der Waals surface area (Å²) in [6, 6.07) is 31.0. The van der Waals surface area contributed by atoms with Crippen molar-refractivity contribution < 1.29 is 154 Å². The van der Waals surface area contributed by atoms with Crippen molar-refractivity contribution >= 4 is 119 Å². The number of carboxylic acid groups (broad SMARTS) is 8. The molecule has 23 N–H and O–H groups in total. The van der Waals surface area contributed by atoms with E-state index in [-0.39, 0.29) is 119 Å². The Kier molecular flexibility index (Phi) is 37.4. The van der Waals surface area contributed by atoms with E-state index in [1.54, 1.807) is 6.92 Å². The quantitative estimate of drug-likeness (QED) is 0.0109. The van der Waals surface area contributed by atoms with Crippen LogP contribution in [0.15, 0.2) is 163 Å². The van der Waals surface area contributed by atoms with Gasteiger partial charge in [0.25, 0.3) is 0 Å². The summed E-state index contributed by atoms with van der Waals surface area (Å²) in [5, 5.41) is 107. The molecule has 44 nitrogen and oxygen atoms in total. The van der Waals surface area contributed by atoms with Crippen LogP contribution in [0.5, 0.6) is 23.0 Å². The van der Waals surface area contributed by atoms with Crippen LogP contribution in [0.25, 0.3) is 0 Å². The molecule has 0 bridgehead atoms. The molecule has 0 spiro atoms. The molecule has 662 valence electrons. The second-order valence-electron chi connectivity index (χ2n) is 27.1. The number of benzene rings is 4. The number of carbonyl (C=O) groups is 16. The average Bonchev–Trinajstić information content (AvgIpc) is 1.76. The molecule has 4 aromatic carbocycles. The van der Waals surface area contributed by atoms with Crippen molar-refractivity contribution in [1.29, 1.82) is 21.6 Å². The highest BCUT2D eigenvalue weighted by atomic mass is 16.6. The number of hydrogen-bond donors (Lipinski definition) is 19. The minimum atomic E-state index is -1.55. The zero-order valence-electron chi connectivity index (χ0n) is 66.6. The molecule has 4 unspecified atom stereocenters. The SMILES string of the molecule is CC(Cc1ccc(C(=O)Oc2ccc(C(=N)N)cc2)o1)C(=O)N(CC(=O)O)CC(=O)O.CC(Cc1ccc(C(=O)Oc2ccc(C(=N)N)cc2)o1)C(=O)N[C@@H](CC(=O)O)C(=O)O.CC(Cc1ccc(C(=O)Oc2ccc(C(=N)N)cc2)o1)C(=O)N[C@@H](CCC(=O)O)C(=O)O.CC(Cc1ccc(C(=O)Oc2ccc(C(=N)N)cc2)o1)C(=O)N[C@H](CC(=O)O)C(=O)O. The number of amides is 4. The topological polar surface area (TPSA) is 763 Å². The van der Waals surface area contributed by atoms with E-state index in [0.717, 1.165) is 4.90 Å². The molecule has 125 heavy (non-hydrogen) atoms. The molecule has 8 rings (SSSR count). The number of nitrogens with zero attached hydrogens (tertiary/aromatic N) is 1. The number of nitrogen functional groups attached to an aromatic ring is 4. The van der Waals surface area contributed by atoms with Crippen molar-refractivity contribution in [3.05, 3.63) is 214 Å². The summed E-state index contributed by atoms with van der Waals surface area (Å²) >= 11 is 0. The van der Waals surface area contributed by atoms with Crippen LogP contribution in [0.4, 0.5) is 0 Å². The van der Waals surface area contributed by atoms with Gasteiger partial charge in [0.1, 0.15) is 101 Å². The van der Waals surface area contributed by atoms with E-state index in [9.17, 15) is 76.7 Å². The summed E-state index contributed by atoms with van der Waals surface area (Å²) in [6.07, 6.45) is -1.94. The smallest absolute Gasteiger partial charge is 0.379 e. The van der Waals surface area contributed by atoms with E-state index >= 15 is 0 Å². The lowest BCUT2D eigenvalue weighted by atomic mass is 10.0. The number of nitrogens with one attached hydrogen (secondary N) is 7. The highest BCUT2D eigenvalue weighted by Crippen LogP contribution is 2.24. The number of hydrogen-bond acceptors (Lipinski definition) is 28. The lowest BCUT2D eigenvalue weighted by Gasteiger charge is -2.22. The largest absolute Gasteiger partial charge is 0.481 e. The fourth-order valence-electron chi connectivity index (χ4n) is 10.5. The standard InChI is InChI=1S/C21H23N3O8.3C20H21N3O8/c1-11(19(27)24-15(20(28)29)7-9-17(25)26)10-14-6-8-16(31-14)21(30)32-13-4-2-12(3-5-13)18(22)23;1-11(19(28)23(9-16(24)25)10-17(26)27)8-14-6-7-15(30-14)20(29)31-13-4-2-12(3-5-13)18(21)22;2*1-10(18(26)23-14(19(27)28)9-16(24)25)8-13-6-7-15(30-13)20(29)31-12-4-2-11(3-5-12)17(21)22/h2-6,8,11,15H,7,9-10H2,1H3,(H3,22,23)(H,24,27)(H,25,26)(H,28,29);2-7,11H,8-10H2,1H3,(H3,21,22)(H,24,25)(H,26,27);2*2-7,10,14H,8-9H2,1H3,(H3,21,22)(H,23,26)(H,24,25)(H,27,28)/t11?,15-;;2*10?,14-/m0.10/s1. The summed E-state index contributed by atoms with van der Waals surface area (Å²) < 4.78 is 42.3. The van der Waals surface area contributed by atoms with Gasteiger partial charge >= 0.3 is 71.6 Å². The lowest BCUT2D eigenvalue weighted by Crippen LogP contribution is -2.44. The van der Waals surface area contributed by atoms with Crippen LogP contribution in [-0.2, 0) is 83.2 Å². The molecule has 0 saturated heterocycles. The first kappa shape index (κ1) is 99.0. The van der Waals surface area contributed by atoms with Gasteiger partial charge in [0.05, 0.1) is 12.8 Å². The third-order valence-corrected chi connectivity index (χ3v) is 17.0. The number of rotatable bonds is 41. The third kappa shape index (κ3) is 33.6. The first-order valence-electron chi connectivity index (χ1n) is 36.7. The number of furan rings is 4. The molecule has 0 saturated carbocycles. The predicted octanol–water partition coefficient (Wildman–Crippen LogP) is 4.37. The Bertz CT molecular complexity index is 5120. The summed E-state index contributed by atoms with van der Waals surface area (Å²) in [5.41, 5.74) is 23.3. The molecular formula is C81H86N12O32. The van der Waals surface area contributed by atoms with Crippen molar-refractivity contribution in [2.75, 3.05) is 13.1 Å². The van der Waals surface area contributed by atoms with Crippen molar-refractivity contribution in [3.8, 4) is 23.0 Å². The minimum absolute atomic E-state index is 0.0230. The zero-order chi connectivity index (χ0) is 93.2. The summed E-state index contributed by atoms with van der Waals surface area (Å²) in [5.74, 6) is -18.3. The van der Waals surface area contributed by atoms with Crippen LogP contribution in [0, 0.1) is 45.3 Å². The average molecular weight is 1740 g/mol. The molecule has 4 heterocycles. The molecule has 0 aliphatic heterocycles. The molecule has 7 atom stereocenters. The van der Waals surface area contributed by atoms with Crippen molar-refractivity contribution in [1.82, 2.24) is 20.9 Å². The Morgan fingerprint density at radius 3 is 0.768 bits per heavy atom. The van der Waals surface area contributed by atoms with Crippen LogP contribution in [0.1, 0.15) is 141 Å². The normalized spacial score (nSPS) is 12.2. The Morgan fingerprint density at radius 2 is 0.560 bits per heavy atom. The molecule has 8 aromatic rings. The summed E-state index contributed by atoms with van der Waals surface area (Å²) in [7, 11) is 0. The number of carboxylic acids is 8. The second kappa shape index (κ2) is 47.3. The van der Waals surface area contributed by atoms with Crippen molar-refractivity contribution in [3.63, 3.8) is 0 Å². The van der Waals surface area contributed by atoms with E-state index in [4.69, 9.17) is 122 Å². The lowest BCUT2D eigenvalue weighted by molar-refractivity contribution is -0.151. The first-order valence-corrected chi connectivity index (χ1v) is 36.7. The van der Waals surface area contributed by atoms with Crippen LogP contribution in [0.3, 0.4) is 0 Å². The molecule has 44 heteroatoms. The van der Waals surface area contributed by atoms with E-state index in [2.05, 4.69) is 16.0 Å². The van der Waals surface area contributed by atoms with Crippen LogP contribution >= 0.6 is 0 Å². The van der Waals surface area contributed by atoms with Crippen LogP contribution < -0.4 is 57.8 Å². The Labute approximate surface area is 706 Å². The Balaban J connectivity index is 0.000000296. The summed E-state index contributed by atoms with van der Waals surface area (Å²) in [6.45, 7) is 4.57. The van der Waals surface area contributed by atoms with E-state index in [1.807, 2.05) is 0 Å². The third-order valence-electron chi connectivity index (χ3n) is 17.0. The molecular weight excluding hydrogens is 1650 g/mol. The fourth-order valence-corrected chi connectivity index (χ4v) is 10.5. The van der Waals surface area contributed by atoms with Gasteiger partial charge in [-0.15, -0.1) is 0 Å². The van der Waals surface area contributed by atoms with Gasteiger partial charge in [-0.25, -0.2) is 33.6 Å². The van der Waals surface area contributed by atoms with Crippen LogP contribution in [-0.4, -0.2) is 196 Å². The molecule has 0 aliphatic carbocycles. The number of esters is 4. The molecule has 0 fully saturated rings. The zero-order valence-corrected chi connectivity index (χ0v) is 66.6. The van der Waals surface area contributed by atoms with E-state index in [1.165, 1.54) is 166 Å². The number of amidine groups is 4. The predicted molar refractivity (Wildman–Crippen MR) is 428 cm³/mol. The van der Waals surface area contributed by atoms with Gasteiger partial charge < -0.3 is 121 Å². The first-order chi connectivity index (χ1) is 58.7. The van der Waals surface area contributed by atoms with E-state index < -0.39 is 169 Å². The highest BCUT2D eigenvalue weighted by Gasteiger charge is 2.32. The highest BCUT2D eigenvalue weighted by molar-refractivity contribution is 5.98. The van der Waals surface area contributed by atoms with Gasteiger partial charge in [0, 0.05) is 78.0 Å². The Hall–Kier alpha value is -16.6. The number of carbonyl (C=O) groups excluding carboxylic acids is 8. The maximum atomic E-state index is 12.4. The maximum absolute atomic E-state index is 12.4. The second-order valence-corrected chi connectivity index (χ2v) is 27.1. The molecule has 0 radical (unpaired) electrons. The number of nitrogens with two attached hydrogens (primary N) is 4. The maximum Gasteiger partial charge on any atom is 0.379 e.